The highest BCUT2D eigenvalue weighted by atomic mass is 16.2. The van der Waals surface area contributed by atoms with E-state index in [0.717, 1.165) is 19.4 Å². The number of hydrogen-bond donors (Lipinski definition) is 1. The van der Waals surface area contributed by atoms with E-state index in [1.807, 2.05) is 6.20 Å². The first-order valence-electron chi connectivity index (χ1n) is 4.37. The number of nitrogens with zero attached hydrogens (tertiary/aromatic N) is 1. The minimum Gasteiger partial charge on any atom is -0.396 e. The summed E-state index contributed by atoms with van der Waals surface area (Å²) in [7, 11) is 0. The molecule has 0 aromatic rings. The van der Waals surface area contributed by atoms with Crippen molar-refractivity contribution < 1.29 is 5.11 Å². The first-order valence-corrected chi connectivity index (χ1v) is 4.37. The van der Waals surface area contributed by atoms with E-state index in [2.05, 4.69) is 11.5 Å². The quantitative estimate of drug-likeness (QED) is 0.662. The molecule has 1 fully saturated rings. The van der Waals surface area contributed by atoms with Gasteiger partial charge in [-0.2, -0.15) is 0 Å². The molecule has 0 aromatic heterocycles. The number of aliphatic hydroxyl groups is 1. The van der Waals surface area contributed by atoms with Crippen LogP contribution >= 0.6 is 0 Å². The molecule has 1 aliphatic rings. The molecule has 1 atom stereocenters. The standard InChI is InChI=1S/C9H17NO/c1-2-10-7-3-5-9(10)6-4-8-11/h2,9,11H,1,3-8H2. The van der Waals surface area contributed by atoms with Crippen LogP contribution in [0.15, 0.2) is 12.8 Å². The van der Waals surface area contributed by atoms with Gasteiger partial charge in [0.15, 0.2) is 0 Å². The highest BCUT2D eigenvalue weighted by molar-refractivity contribution is 4.85. The van der Waals surface area contributed by atoms with Gasteiger partial charge in [0.1, 0.15) is 0 Å². The minimum absolute atomic E-state index is 0.321. The topological polar surface area (TPSA) is 23.5 Å². The molecular formula is C9H17NO. The summed E-state index contributed by atoms with van der Waals surface area (Å²) < 4.78 is 0. The first-order chi connectivity index (χ1) is 5.38. The highest BCUT2D eigenvalue weighted by Gasteiger charge is 2.19. The normalized spacial score (nSPS) is 24.1. The Morgan fingerprint density at radius 3 is 3.09 bits per heavy atom. The predicted molar refractivity (Wildman–Crippen MR) is 46.2 cm³/mol. The van der Waals surface area contributed by atoms with Crippen LogP contribution in [0.1, 0.15) is 25.7 Å². The summed E-state index contributed by atoms with van der Waals surface area (Å²) in [5.74, 6) is 0. The van der Waals surface area contributed by atoms with E-state index in [9.17, 15) is 0 Å². The number of aliphatic hydroxyl groups excluding tert-OH is 1. The van der Waals surface area contributed by atoms with Crippen LogP contribution in [0.4, 0.5) is 0 Å². The lowest BCUT2D eigenvalue weighted by atomic mass is 10.1. The maximum atomic E-state index is 8.64. The van der Waals surface area contributed by atoms with Crippen molar-refractivity contribution in [1.82, 2.24) is 4.90 Å². The minimum atomic E-state index is 0.321. The summed E-state index contributed by atoms with van der Waals surface area (Å²) in [4.78, 5) is 2.29. The largest absolute Gasteiger partial charge is 0.396 e. The van der Waals surface area contributed by atoms with Gasteiger partial charge in [0.2, 0.25) is 0 Å². The molecule has 0 radical (unpaired) electrons. The summed E-state index contributed by atoms with van der Waals surface area (Å²) in [6.07, 6.45) is 6.51. The van der Waals surface area contributed by atoms with Gasteiger partial charge in [-0.3, -0.25) is 0 Å². The number of likely N-dealkylation sites (tertiary alicyclic amines) is 1. The Hall–Kier alpha value is -0.500. The van der Waals surface area contributed by atoms with Gasteiger partial charge in [0.25, 0.3) is 0 Å². The predicted octanol–water partition coefficient (Wildman–Crippen LogP) is 1.37. The van der Waals surface area contributed by atoms with Gasteiger partial charge in [-0.25, -0.2) is 0 Å². The third-order valence-electron chi connectivity index (χ3n) is 2.35. The molecule has 0 bridgehead atoms. The van der Waals surface area contributed by atoms with Crippen molar-refractivity contribution in [2.45, 2.75) is 31.7 Å². The van der Waals surface area contributed by atoms with Gasteiger partial charge in [-0.15, -0.1) is 0 Å². The molecule has 11 heavy (non-hydrogen) atoms. The lowest BCUT2D eigenvalue weighted by molar-refractivity contribution is 0.255. The van der Waals surface area contributed by atoms with Gasteiger partial charge >= 0.3 is 0 Å². The zero-order chi connectivity index (χ0) is 8.10. The summed E-state index contributed by atoms with van der Waals surface area (Å²) in [5, 5.41) is 8.64. The average Bonchev–Trinajstić information content (AvgIpc) is 2.47. The van der Waals surface area contributed by atoms with Crippen LogP contribution in [-0.2, 0) is 0 Å². The SMILES string of the molecule is C=CN1CCCC1CCCO. The lowest BCUT2D eigenvalue weighted by Gasteiger charge is -2.21. The average molecular weight is 155 g/mol. The molecule has 1 heterocycles. The van der Waals surface area contributed by atoms with Gasteiger partial charge in [-0.1, -0.05) is 6.58 Å². The van der Waals surface area contributed by atoms with Crippen molar-refractivity contribution in [2.24, 2.45) is 0 Å². The third-order valence-corrected chi connectivity index (χ3v) is 2.35. The van der Waals surface area contributed by atoms with Crippen LogP contribution in [0.5, 0.6) is 0 Å². The van der Waals surface area contributed by atoms with E-state index < -0.39 is 0 Å². The Morgan fingerprint density at radius 1 is 1.64 bits per heavy atom. The maximum absolute atomic E-state index is 8.64. The van der Waals surface area contributed by atoms with Crippen molar-refractivity contribution in [3.63, 3.8) is 0 Å². The van der Waals surface area contributed by atoms with Gasteiger partial charge in [-0.05, 0) is 31.9 Å². The molecule has 0 aliphatic carbocycles. The van der Waals surface area contributed by atoms with Crippen LogP contribution in [-0.4, -0.2) is 29.2 Å². The molecule has 2 nitrogen and oxygen atoms in total. The van der Waals surface area contributed by atoms with E-state index in [1.165, 1.54) is 12.8 Å². The van der Waals surface area contributed by atoms with Crippen LogP contribution in [0.2, 0.25) is 0 Å². The molecular weight excluding hydrogens is 138 g/mol. The molecule has 1 aliphatic heterocycles. The molecule has 1 saturated heterocycles. The fourth-order valence-electron chi connectivity index (χ4n) is 1.74. The van der Waals surface area contributed by atoms with Crippen LogP contribution in [0.25, 0.3) is 0 Å². The first kappa shape index (κ1) is 8.60. The van der Waals surface area contributed by atoms with Crippen LogP contribution in [0.3, 0.4) is 0 Å². The number of hydrogen-bond acceptors (Lipinski definition) is 2. The van der Waals surface area contributed by atoms with E-state index >= 15 is 0 Å². The molecule has 1 unspecified atom stereocenters. The second-order valence-corrected chi connectivity index (χ2v) is 3.08. The Balaban J connectivity index is 2.25. The summed E-state index contributed by atoms with van der Waals surface area (Å²) in [5.41, 5.74) is 0. The Labute approximate surface area is 68.5 Å². The van der Waals surface area contributed by atoms with E-state index in [-0.39, 0.29) is 0 Å². The van der Waals surface area contributed by atoms with Crippen molar-refractivity contribution in [3.05, 3.63) is 12.8 Å². The summed E-state index contributed by atoms with van der Waals surface area (Å²) >= 11 is 0. The van der Waals surface area contributed by atoms with Gasteiger partial charge in [0.05, 0.1) is 0 Å². The second kappa shape index (κ2) is 4.39. The van der Waals surface area contributed by atoms with E-state index in [1.54, 1.807) is 0 Å². The summed E-state index contributed by atoms with van der Waals surface area (Å²) in [6, 6.07) is 0.652. The Morgan fingerprint density at radius 2 is 2.45 bits per heavy atom. The third kappa shape index (κ3) is 2.22. The molecule has 64 valence electrons. The smallest absolute Gasteiger partial charge is 0.0431 e. The van der Waals surface area contributed by atoms with Gasteiger partial charge < -0.3 is 10.0 Å². The van der Waals surface area contributed by atoms with Crippen molar-refractivity contribution >= 4 is 0 Å². The molecule has 0 amide bonds. The van der Waals surface area contributed by atoms with Crippen molar-refractivity contribution in [3.8, 4) is 0 Å². The number of rotatable bonds is 4. The van der Waals surface area contributed by atoms with Crippen LogP contribution in [0, 0.1) is 0 Å². The monoisotopic (exact) mass is 155 g/mol. The molecule has 0 aromatic carbocycles. The molecule has 1 rings (SSSR count). The Bertz CT molecular complexity index is 125. The van der Waals surface area contributed by atoms with Gasteiger partial charge in [0, 0.05) is 19.2 Å². The van der Waals surface area contributed by atoms with Crippen molar-refractivity contribution in [2.75, 3.05) is 13.2 Å². The second-order valence-electron chi connectivity index (χ2n) is 3.08. The molecule has 0 spiro atoms. The molecule has 1 N–H and O–H groups in total. The van der Waals surface area contributed by atoms with E-state index in [0.29, 0.717) is 12.6 Å². The highest BCUT2D eigenvalue weighted by Crippen LogP contribution is 2.20. The Kier molecular flexibility index (Phi) is 3.43. The van der Waals surface area contributed by atoms with Crippen molar-refractivity contribution in [1.29, 1.82) is 0 Å². The van der Waals surface area contributed by atoms with E-state index in [4.69, 9.17) is 5.11 Å². The van der Waals surface area contributed by atoms with Crippen LogP contribution < -0.4 is 0 Å². The zero-order valence-corrected chi connectivity index (χ0v) is 7.00. The zero-order valence-electron chi connectivity index (χ0n) is 7.00. The lowest BCUT2D eigenvalue weighted by Crippen LogP contribution is -2.23. The molecule has 2 heteroatoms. The fraction of sp³-hybridized carbons (Fsp3) is 0.778. The fourth-order valence-corrected chi connectivity index (χ4v) is 1.74. The molecule has 0 saturated carbocycles. The summed E-state index contributed by atoms with van der Waals surface area (Å²) in [6.45, 7) is 5.24. The maximum Gasteiger partial charge on any atom is 0.0431 e.